The molecule has 0 aromatic carbocycles. The summed E-state index contributed by atoms with van der Waals surface area (Å²) < 4.78 is 5.11. The quantitative estimate of drug-likeness (QED) is 0.729. The minimum absolute atomic E-state index is 0.0627. The highest BCUT2D eigenvalue weighted by atomic mass is 16.5. The second-order valence-corrected chi connectivity index (χ2v) is 5.12. The molecule has 0 spiro atoms. The Hall–Kier alpha value is -0.650. The van der Waals surface area contributed by atoms with Crippen molar-refractivity contribution in [1.82, 2.24) is 15.1 Å². The largest absolute Gasteiger partial charge is 0.383 e. The van der Waals surface area contributed by atoms with Gasteiger partial charge in [-0.25, -0.2) is 0 Å². The average molecular weight is 257 g/mol. The van der Waals surface area contributed by atoms with Crippen molar-refractivity contribution >= 4 is 5.91 Å². The third-order valence-corrected chi connectivity index (χ3v) is 3.59. The van der Waals surface area contributed by atoms with Gasteiger partial charge in [0.25, 0.3) is 0 Å². The molecule has 1 aliphatic heterocycles. The van der Waals surface area contributed by atoms with E-state index in [1.807, 2.05) is 18.9 Å². The maximum absolute atomic E-state index is 12.2. The first-order valence-electron chi connectivity index (χ1n) is 6.76. The Morgan fingerprint density at radius 1 is 1.50 bits per heavy atom. The van der Waals surface area contributed by atoms with Crippen LogP contribution < -0.4 is 5.32 Å². The molecule has 1 saturated heterocycles. The van der Waals surface area contributed by atoms with Gasteiger partial charge in [-0.2, -0.15) is 0 Å². The summed E-state index contributed by atoms with van der Waals surface area (Å²) in [6, 6.07) is 0.416. The lowest BCUT2D eigenvalue weighted by Crippen LogP contribution is -2.55. The number of methoxy groups -OCH3 is 1. The minimum atomic E-state index is 0.0627. The molecule has 0 aromatic heterocycles. The van der Waals surface area contributed by atoms with Crippen LogP contribution in [0.3, 0.4) is 0 Å². The van der Waals surface area contributed by atoms with Crippen molar-refractivity contribution in [2.45, 2.75) is 19.9 Å². The molecule has 18 heavy (non-hydrogen) atoms. The van der Waals surface area contributed by atoms with Crippen molar-refractivity contribution in [3.8, 4) is 0 Å². The number of hydrogen-bond donors (Lipinski definition) is 1. The second-order valence-electron chi connectivity index (χ2n) is 5.12. The van der Waals surface area contributed by atoms with Crippen LogP contribution in [0.1, 0.15) is 13.8 Å². The van der Waals surface area contributed by atoms with Crippen LogP contribution >= 0.6 is 0 Å². The molecular weight excluding hydrogens is 230 g/mol. The normalized spacial score (nSPS) is 23.1. The molecule has 5 heteroatoms. The van der Waals surface area contributed by atoms with Crippen LogP contribution in [0.25, 0.3) is 0 Å². The van der Waals surface area contributed by atoms with Crippen LogP contribution in [0, 0.1) is 5.92 Å². The van der Waals surface area contributed by atoms with E-state index in [-0.39, 0.29) is 11.8 Å². The maximum Gasteiger partial charge on any atom is 0.226 e. The average Bonchev–Trinajstić information content (AvgIpc) is 2.36. The Balaban J connectivity index is 2.42. The van der Waals surface area contributed by atoms with E-state index in [4.69, 9.17) is 4.74 Å². The molecular formula is C13H27N3O2. The molecule has 1 aliphatic rings. The number of rotatable bonds is 6. The molecule has 1 heterocycles. The fraction of sp³-hybridized carbons (Fsp3) is 0.923. The number of carbonyl (C=O) groups is 1. The summed E-state index contributed by atoms with van der Waals surface area (Å²) >= 11 is 0. The zero-order valence-electron chi connectivity index (χ0n) is 12.1. The number of nitrogens with zero attached hydrogens (tertiary/aromatic N) is 2. The van der Waals surface area contributed by atoms with E-state index in [1.165, 1.54) is 0 Å². The Morgan fingerprint density at radius 3 is 2.78 bits per heavy atom. The standard InChI is InChI=1S/C13H27N3O2/c1-11(9-14-3)13(17)16-6-5-15(7-8-18-4)12(2)10-16/h11-12,14H,5-10H2,1-4H3. The lowest BCUT2D eigenvalue weighted by Gasteiger charge is -2.40. The topological polar surface area (TPSA) is 44.8 Å². The number of hydrogen-bond acceptors (Lipinski definition) is 4. The highest BCUT2D eigenvalue weighted by Gasteiger charge is 2.28. The molecule has 1 N–H and O–H groups in total. The van der Waals surface area contributed by atoms with Gasteiger partial charge in [0.2, 0.25) is 5.91 Å². The molecule has 1 rings (SSSR count). The number of ether oxygens (including phenoxy) is 1. The van der Waals surface area contributed by atoms with Crippen LogP contribution in [-0.4, -0.2) is 75.2 Å². The monoisotopic (exact) mass is 257 g/mol. The molecule has 106 valence electrons. The van der Waals surface area contributed by atoms with Gasteiger partial charge in [0, 0.05) is 51.8 Å². The SMILES string of the molecule is CNCC(C)C(=O)N1CCN(CCOC)C(C)C1. The van der Waals surface area contributed by atoms with Crippen LogP contribution in [0.2, 0.25) is 0 Å². The second kappa shape index (κ2) is 7.71. The number of piperazine rings is 1. The molecule has 1 amide bonds. The van der Waals surface area contributed by atoms with Crippen LogP contribution in [0.4, 0.5) is 0 Å². The van der Waals surface area contributed by atoms with E-state index < -0.39 is 0 Å². The van der Waals surface area contributed by atoms with E-state index in [2.05, 4.69) is 17.1 Å². The number of carbonyl (C=O) groups excluding carboxylic acids is 1. The summed E-state index contributed by atoms with van der Waals surface area (Å²) in [6.45, 7) is 9.23. The summed E-state index contributed by atoms with van der Waals surface area (Å²) in [4.78, 5) is 16.6. The lowest BCUT2D eigenvalue weighted by molar-refractivity contribution is -0.137. The van der Waals surface area contributed by atoms with Crippen molar-refractivity contribution in [3.05, 3.63) is 0 Å². The van der Waals surface area contributed by atoms with Crippen LogP contribution in [-0.2, 0) is 9.53 Å². The predicted molar refractivity (Wildman–Crippen MR) is 72.6 cm³/mol. The summed E-state index contributed by atoms with van der Waals surface area (Å²) in [5, 5.41) is 3.06. The zero-order chi connectivity index (χ0) is 13.5. The van der Waals surface area contributed by atoms with Gasteiger partial charge in [0.15, 0.2) is 0 Å². The maximum atomic E-state index is 12.2. The van der Waals surface area contributed by atoms with E-state index >= 15 is 0 Å². The molecule has 0 aromatic rings. The summed E-state index contributed by atoms with van der Waals surface area (Å²) in [5.74, 6) is 0.329. The predicted octanol–water partition coefficient (Wildman–Crippen LogP) is 0.0210. The fourth-order valence-electron chi connectivity index (χ4n) is 2.44. The molecule has 2 atom stereocenters. The number of amides is 1. The third kappa shape index (κ3) is 4.23. The van der Waals surface area contributed by atoms with Gasteiger partial charge in [0.1, 0.15) is 0 Å². The van der Waals surface area contributed by atoms with Gasteiger partial charge in [-0.3, -0.25) is 9.69 Å². The van der Waals surface area contributed by atoms with E-state index in [0.717, 1.165) is 39.3 Å². The first-order valence-corrected chi connectivity index (χ1v) is 6.76. The molecule has 2 unspecified atom stereocenters. The van der Waals surface area contributed by atoms with Crippen LogP contribution in [0.5, 0.6) is 0 Å². The lowest BCUT2D eigenvalue weighted by atomic mass is 10.1. The van der Waals surface area contributed by atoms with Gasteiger partial charge in [-0.15, -0.1) is 0 Å². The van der Waals surface area contributed by atoms with Gasteiger partial charge in [0.05, 0.1) is 6.61 Å². The zero-order valence-corrected chi connectivity index (χ0v) is 12.1. The van der Waals surface area contributed by atoms with Crippen molar-refractivity contribution < 1.29 is 9.53 Å². The third-order valence-electron chi connectivity index (χ3n) is 3.59. The van der Waals surface area contributed by atoms with Crippen molar-refractivity contribution in [1.29, 1.82) is 0 Å². The highest BCUT2D eigenvalue weighted by molar-refractivity contribution is 5.78. The van der Waals surface area contributed by atoms with Crippen molar-refractivity contribution in [2.24, 2.45) is 5.92 Å². The first kappa shape index (κ1) is 15.4. The Kier molecular flexibility index (Phi) is 6.60. The Bertz CT molecular complexity index is 261. The van der Waals surface area contributed by atoms with Crippen molar-refractivity contribution in [2.75, 3.05) is 53.5 Å². The van der Waals surface area contributed by atoms with E-state index in [0.29, 0.717) is 6.04 Å². The Labute approximate surface area is 110 Å². The molecule has 0 saturated carbocycles. The van der Waals surface area contributed by atoms with Gasteiger partial charge < -0.3 is 15.0 Å². The summed E-state index contributed by atoms with van der Waals surface area (Å²) in [5.41, 5.74) is 0. The van der Waals surface area contributed by atoms with E-state index in [1.54, 1.807) is 7.11 Å². The highest BCUT2D eigenvalue weighted by Crippen LogP contribution is 2.12. The van der Waals surface area contributed by atoms with Gasteiger partial charge in [-0.05, 0) is 14.0 Å². The molecule has 1 fully saturated rings. The van der Waals surface area contributed by atoms with Gasteiger partial charge >= 0.3 is 0 Å². The van der Waals surface area contributed by atoms with E-state index in [9.17, 15) is 4.79 Å². The summed E-state index contributed by atoms with van der Waals surface area (Å²) in [7, 11) is 3.61. The molecule has 5 nitrogen and oxygen atoms in total. The molecule has 0 aliphatic carbocycles. The molecule has 0 radical (unpaired) electrons. The first-order chi connectivity index (χ1) is 8.60. The summed E-state index contributed by atoms with van der Waals surface area (Å²) in [6.07, 6.45) is 0. The smallest absolute Gasteiger partial charge is 0.226 e. The van der Waals surface area contributed by atoms with Crippen LogP contribution in [0.15, 0.2) is 0 Å². The van der Waals surface area contributed by atoms with Gasteiger partial charge in [-0.1, -0.05) is 6.92 Å². The Morgan fingerprint density at radius 2 is 2.22 bits per heavy atom. The number of nitrogens with one attached hydrogen (secondary N) is 1. The molecule has 0 bridgehead atoms. The van der Waals surface area contributed by atoms with Crippen molar-refractivity contribution in [3.63, 3.8) is 0 Å². The fourth-order valence-corrected chi connectivity index (χ4v) is 2.44. The minimum Gasteiger partial charge on any atom is -0.383 e.